The standard InChI is InChI=1S/C13H16FN3/c1-8-4-5-10(9(2)14)6-11(8)12-7-16-17(3)13(12)15/h4-7,9H,15H2,1-3H3. The van der Waals surface area contributed by atoms with Crippen LogP contribution < -0.4 is 5.73 Å². The fraction of sp³-hybridized carbons (Fsp3) is 0.308. The molecule has 1 aromatic carbocycles. The maximum atomic E-state index is 13.3. The molecule has 2 rings (SSSR count). The molecule has 17 heavy (non-hydrogen) atoms. The van der Waals surface area contributed by atoms with Crippen LogP contribution >= 0.6 is 0 Å². The zero-order valence-electron chi connectivity index (χ0n) is 10.2. The van der Waals surface area contributed by atoms with E-state index in [0.717, 1.165) is 16.7 Å². The maximum absolute atomic E-state index is 13.3. The molecule has 0 aliphatic carbocycles. The number of rotatable bonds is 2. The van der Waals surface area contributed by atoms with Crippen LogP contribution in [0, 0.1) is 6.92 Å². The van der Waals surface area contributed by atoms with Crippen LogP contribution in [0.3, 0.4) is 0 Å². The lowest BCUT2D eigenvalue weighted by molar-refractivity contribution is 0.374. The average molecular weight is 233 g/mol. The quantitative estimate of drug-likeness (QED) is 0.866. The van der Waals surface area contributed by atoms with E-state index in [0.29, 0.717) is 11.4 Å². The van der Waals surface area contributed by atoms with Gasteiger partial charge in [-0.15, -0.1) is 0 Å². The van der Waals surface area contributed by atoms with Crippen molar-refractivity contribution in [3.05, 3.63) is 35.5 Å². The van der Waals surface area contributed by atoms with Gasteiger partial charge < -0.3 is 5.73 Å². The van der Waals surface area contributed by atoms with Crippen LogP contribution in [0.5, 0.6) is 0 Å². The first-order valence-corrected chi connectivity index (χ1v) is 5.53. The van der Waals surface area contributed by atoms with Gasteiger partial charge in [-0.05, 0) is 36.6 Å². The van der Waals surface area contributed by atoms with Crippen LogP contribution in [0.4, 0.5) is 10.2 Å². The average Bonchev–Trinajstić information content (AvgIpc) is 2.60. The molecule has 0 fully saturated rings. The number of alkyl halides is 1. The van der Waals surface area contributed by atoms with E-state index in [9.17, 15) is 4.39 Å². The second kappa shape index (κ2) is 4.20. The number of anilines is 1. The summed E-state index contributed by atoms with van der Waals surface area (Å²) < 4.78 is 14.9. The Labute approximate surface area is 100 Å². The first-order chi connectivity index (χ1) is 8.00. The number of nitrogen functional groups attached to an aromatic ring is 1. The van der Waals surface area contributed by atoms with Crippen molar-refractivity contribution in [2.75, 3.05) is 5.73 Å². The zero-order valence-corrected chi connectivity index (χ0v) is 10.2. The van der Waals surface area contributed by atoms with Crippen molar-refractivity contribution in [2.45, 2.75) is 20.0 Å². The number of nitrogens with zero attached hydrogens (tertiary/aromatic N) is 2. The van der Waals surface area contributed by atoms with E-state index in [1.807, 2.05) is 19.1 Å². The number of aromatic nitrogens is 2. The second-order valence-electron chi connectivity index (χ2n) is 4.26. The summed E-state index contributed by atoms with van der Waals surface area (Å²) in [6.07, 6.45) is 0.733. The lowest BCUT2D eigenvalue weighted by Crippen LogP contribution is -1.99. The van der Waals surface area contributed by atoms with Gasteiger partial charge in [-0.1, -0.05) is 12.1 Å². The molecule has 0 aliphatic heterocycles. The molecule has 0 radical (unpaired) electrons. The number of hydrogen-bond donors (Lipinski definition) is 1. The van der Waals surface area contributed by atoms with E-state index >= 15 is 0 Å². The van der Waals surface area contributed by atoms with Crippen LogP contribution in [0.25, 0.3) is 11.1 Å². The van der Waals surface area contributed by atoms with Gasteiger partial charge in [0.15, 0.2) is 0 Å². The SMILES string of the molecule is Cc1ccc(C(C)F)cc1-c1cnn(C)c1N. The lowest BCUT2D eigenvalue weighted by atomic mass is 9.98. The first kappa shape index (κ1) is 11.6. The number of aryl methyl sites for hydroxylation is 2. The third kappa shape index (κ3) is 2.02. The third-order valence-corrected chi connectivity index (χ3v) is 3.00. The molecular formula is C13H16FN3. The molecule has 0 aliphatic rings. The fourth-order valence-corrected chi connectivity index (χ4v) is 1.83. The molecule has 2 aromatic rings. The number of nitrogens with two attached hydrogens (primary N) is 1. The molecule has 2 N–H and O–H groups in total. The minimum atomic E-state index is -0.979. The highest BCUT2D eigenvalue weighted by Gasteiger charge is 2.12. The Morgan fingerprint density at radius 3 is 2.59 bits per heavy atom. The molecule has 0 saturated carbocycles. The van der Waals surface area contributed by atoms with Crippen LogP contribution in [0.2, 0.25) is 0 Å². The highest BCUT2D eigenvalue weighted by Crippen LogP contribution is 2.31. The molecule has 4 heteroatoms. The van der Waals surface area contributed by atoms with Crippen molar-refractivity contribution in [3.8, 4) is 11.1 Å². The molecule has 0 bridgehead atoms. The predicted molar refractivity (Wildman–Crippen MR) is 67.3 cm³/mol. The van der Waals surface area contributed by atoms with Gasteiger partial charge in [-0.3, -0.25) is 4.68 Å². The lowest BCUT2D eigenvalue weighted by Gasteiger charge is -2.09. The van der Waals surface area contributed by atoms with E-state index in [2.05, 4.69) is 5.10 Å². The van der Waals surface area contributed by atoms with Gasteiger partial charge in [0.05, 0.1) is 6.20 Å². The van der Waals surface area contributed by atoms with Gasteiger partial charge in [0.25, 0.3) is 0 Å². The van der Waals surface area contributed by atoms with Crippen molar-refractivity contribution in [3.63, 3.8) is 0 Å². The summed E-state index contributed by atoms with van der Waals surface area (Å²) in [6, 6.07) is 5.55. The Bertz CT molecular complexity index is 544. The summed E-state index contributed by atoms with van der Waals surface area (Å²) in [5.74, 6) is 0.594. The van der Waals surface area contributed by atoms with Crippen molar-refractivity contribution < 1.29 is 4.39 Å². The number of benzene rings is 1. The van der Waals surface area contributed by atoms with Gasteiger partial charge in [0.2, 0.25) is 0 Å². The monoisotopic (exact) mass is 233 g/mol. The number of hydrogen-bond acceptors (Lipinski definition) is 2. The fourth-order valence-electron chi connectivity index (χ4n) is 1.83. The Hall–Kier alpha value is -1.84. The van der Waals surface area contributed by atoms with Gasteiger partial charge in [-0.25, -0.2) is 4.39 Å². The molecule has 0 spiro atoms. The zero-order chi connectivity index (χ0) is 12.6. The summed E-state index contributed by atoms with van der Waals surface area (Å²) in [5.41, 5.74) is 9.46. The normalized spacial score (nSPS) is 12.7. The molecule has 1 unspecified atom stereocenters. The Kier molecular flexibility index (Phi) is 2.88. The van der Waals surface area contributed by atoms with Crippen molar-refractivity contribution in [1.29, 1.82) is 0 Å². The van der Waals surface area contributed by atoms with Crippen molar-refractivity contribution >= 4 is 5.82 Å². The van der Waals surface area contributed by atoms with Crippen LogP contribution in [-0.2, 0) is 7.05 Å². The van der Waals surface area contributed by atoms with Crippen LogP contribution in [0.1, 0.15) is 24.2 Å². The van der Waals surface area contributed by atoms with E-state index in [1.165, 1.54) is 6.92 Å². The smallest absolute Gasteiger partial charge is 0.129 e. The minimum absolute atomic E-state index is 0.594. The van der Waals surface area contributed by atoms with Crippen molar-refractivity contribution in [2.24, 2.45) is 7.05 Å². The Morgan fingerprint density at radius 1 is 1.35 bits per heavy atom. The Morgan fingerprint density at radius 2 is 2.06 bits per heavy atom. The second-order valence-corrected chi connectivity index (χ2v) is 4.26. The number of halogens is 1. The van der Waals surface area contributed by atoms with Gasteiger partial charge in [0.1, 0.15) is 12.0 Å². The highest BCUT2D eigenvalue weighted by molar-refractivity contribution is 5.76. The Balaban J connectivity index is 2.58. The molecule has 90 valence electrons. The largest absolute Gasteiger partial charge is 0.383 e. The highest BCUT2D eigenvalue weighted by atomic mass is 19.1. The summed E-state index contributed by atoms with van der Waals surface area (Å²) in [7, 11) is 1.79. The summed E-state index contributed by atoms with van der Waals surface area (Å²) in [4.78, 5) is 0. The van der Waals surface area contributed by atoms with E-state index in [4.69, 9.17) is 5.73 Å². The maximum Gasteiger partial charge on any atom is 0.129 e. The van der Waals surface area contributed by atoms with Gasteiger partial charge >= 0.3 is 0 Å². The summed E-state index contributed by atoms with van der Waals surface area (Å²) in [6.45, 7) is 3.51. The van der Waals surface area contributed by atoms with Crippen molar-refractivity contribution in [1.82, 2.24) is 9.78 Å². The molecule has 1 heterocycles. The molecule has 0 saturated heterocycles. The summed E-state index contributed by atoms with van der Waals surface area (Å²) >= 11 is 0. The van der Waals surface area contributed by atoms with E-state index in [-0.39, 0.29) is 0 Å². The van der Waals surface area contributed by atoms with Gasteiger partial charge in [0, 0.05) is 12.6 Å². The van der Waals surface area contributed by atoms with E-state index in [1.54, 1.807) is 24.0 Å². The molecule has 1 atom stereocenters. The molecule has 1 aromatic heterocycles. The molecule has 3 nitrogen and oxygen atoms in total. The first-order valence-electron chi connectivity index (χ1n) is 5.53. The van der Waals surface area contributed by atoms with E-state index < -0.39 is 6.17 Å². The van der Waals surface area contributed by atoms with Crippen LogP contribution in [0.15, 0.2) is 24.4 Å². The minimum Gasteiger partial charge on any atom is -0.383 e. The predicted octanol–water partition coefficient (Wildman–Crippen LogP) is 3.01. The molecular weight excluding hydrogens is 217 g/mol. The van der Waals surface area contributed by atoms with Crippen LogP contribution in [-0.4, -0.2) is 9.78 Å². The van der Waals surface area contributed by atoms with Gasteiger partial charge in [-0.2, -0.15) is 5.10 Å². The molecule has 0 amide bonds. The summed E-state index contributed by atoms with van der Waals surface area (Å²) in [5, 5.41) is 4.11. The topological polar surface area (TPSA) is 43.8 Å². The third-order valence-electron chi connectivity index (χ3n) is 3.00.